The topological polar surface area (TPSA) is 132 Å². The van der Waals surface area contributed by atoms with E-state index in [1.165, 1.54) is 12.1 Å². The van der Waals surface area contributed by atoms with Crippen LogP contribution in [-0.2, 0) is 4.79 Å². The summed E-state index contributed by atoms with van der Waals surface area (Å²) in [6.07, 6.45) is 0.471. The molecule has 1 amide bonds. The second-order valence-electron chi connectivity index (χ2n) is 7.64. The van der Waals surface area contributed by atoms with Crippen LogP contribution in [0.1, 0.15) is 23.2 Å². The molecule has 1 saturated carbocycles. The van der Waals surface area contributed by atoms with Crippen molar-refractivity contribution in [3.63, 3.8) is 0 Å². The van der Waals surface area contributed by atoms with Crippen molar-refractivity contribution >= 4 is 30.1 Å². The molecule has 1 fully saturated rings. The van der Waals surface area contributed by atoms with Gasteiger partial charge in [-0.15, -0.1) is 0 Å². The normalized spacial score (nSPS) is 18.6. The average molecular weight is 479 g/mol. The Hall–Kier alpha value is -3.96. The number of carbonyl (C=O) groups excluding carboxylic acids is 2. The van der Waals surface area contributed by atoms with Crippen LogP contribution in [0.15, 0.2) is 40.3 Å². The molecule has 8 nitrogen and oxygen atoms in total. The van der Waals surface area contributed by atoms with Gasteiger partial charge < -0.3 is 21.5 Å². The summed E-state index contributed by atoms with van der Waals surface area (Å²) in [5.74, 6) is -10.2. The third-order valence-electron chi connectivity index (χ3n) is 5.42. The first-order valence-electron chi connectivity index (χ1n) is 10.0. The first-order chi connectivity index (χ1) is 16.1. The zero-order valence-electron chi connectivity index (χ0n) is 17.8. The Labute approximate surface area is 191 Å². The van der Waals surface area contributed by atoms with Crippen molar-refractivity contribution in [1.82, 2.24) is 5.32 Å². The van der Waals surface area contributed by atoms with Crippen LogP contribution in [0.3, 0.4) is 0 Å². The van der Waals surface area contributed by atoms with E-state index in [9.17, 15) is 27.2 Å². The predicted octanol–water partition coefficient (Wildman–Crippen LogP) is 2.38. The maximum atomic E-state index is 13.9. The fraction of sp³-hybridized carbons (Fsp3) is 0.273. The first-order valence-corrected chi connectivity index (χ1v) is 10.0. The van der Waals surface area contributed by atoms with E-state index in [-0.39, 0.29) is 30.6 Å². The van der Waals surface area contributed by atoms with E-state index in [0.29, 0.717) is 12.1 Å². The molecule has 2 aromatic carbocycles. The van der Waals surface area contributed by atoms with Gasteiger partial charge in [-0.25, -0.2) is 8.78 Å². The zero-order valence-corrected chi connectivity index (χ0v) is 17.8. The number of Topliss-reactive ketones (excluding diaryl/α,β-unsaturated/α-hetero) is 1. The minimum atomic E-state index is -1.78. The molecule has 0 aliphatic heterocycles. The molecular weight excluding hydrogens is 458 g/mol. The quantitative estimate of drug-likeness (QED) is 0.208. The number of halogens is 4. The summed E-state index contributed by atoms with van der Waals surface area (Å²) in [6, 6.07) is 6.16. The highest BCUT2D eigenvalue weighted by Gasteiger charge is 2.60. The largest absolute Gasteiger partial charge is 0.479 e. The van der Waals surface area contributed by atoms with E-state index in [1.807, 2.05) is 0 Å². The molecule has 180 valence electrons. The van der Waals surface area contributed by atoms with Crippen LogP contribution in [0.5, 0.6) is 5.75 Å². The van der Waals surface area contributed by atoms with Gasteiger partial charge in [-0.2, -0.15) is 8.78 Å². The number of ether oxygens (including phenoxy) is 1. The Kier molecular flexibility index (Phi) is 7.18. The molecule has 5 N–H and O–H groups in total. The van der Waals surface area contributed by atoms with Crippen molar-refractivity contribution in [1.29, 1.82) is 0 Å². The standard InChI is InChI=1S/C22H21F4N5O3/c1-29-13-4-2-3-11(7-13)20(33)31-22(9-12(22)5-6-30-21(27)28)16(32)10-34-19-17(25)14(23)8-15(24)18(19)26/h2-4,7-8,12H,1,5-6,9-10H2,(H,31,33)(H4,27,28,30)/t12-,22?/m1/s1. The summed E-state index contributed by atoms with van der Waals surface area (Å²) in [5.41, 5.74) is 9.77. The number of ketones is 1. The number of guanidine groups is 1. The van der Waals surface area contributed by atoms with E-state index in [1.54, 1.807) is 12.1 Å². The lowest BCUT2D eigenvalue weighted by atomic mass is 10.0. The van der Waals surface area contributed by atoms with Gasteiger partial charge in [-0.3, -0.25) is 19.6 Å². The lowest BCUT2D eigenvalue weighted by molar-refractivity contribution is -0.124. The molecule has 0 heterocycles. The van der Waals surface area contributed by atoms with E-state index in [2.05, 4.69) is 22.0 Å². The van der Waals surface area contributed by atoms with Crippen LogP contribution in [-0.4, -0.2) is 43.1 Å². The van der Waals surface area contributed by atoms with Crippen molar-refractivity contribution in [3.8, 4) is 5.75 Å². The van der Waals surface area contributed by atoms with Crippen molar-refractivity contribution in [2.24, 2.45) is 27.4 Å². The molecule has 1 unspecified atom stereocenters. The van der Waals surface area contributed by atoms with Gasteiger partial charge >= 0.3 is 0 Å². The number of nitrogens with two attached hydrogens (primary N) is 2. The van der Waals surface area contributed by atoms with Crippen LogP contribution in [0, 0.1) is 29.2 Å². The smallest absolute Gasteiger partial charge is 0.252 e. The Balaban J connectivity index is 1.80. The fourth-order valence-electron chi connectivity index (χ4n) is 3.56. The summed E-state index contributed by atoms with van der Waals surface area (Å²) in [7, 11) is 0. The molecule has 2 aromatic rings. The second kappa shape index (κ2) is 9.89. The number of hydrogen-bond donors (Lipinski definition) is 3. The highest BCUT2D eigenvalue weighted by atomic mass is 19.2. The van der Waals surface area contributed by atoms with Crippen LogP contribution in [0.4, 0.5) is 23.2 Å². The predicted molar refractivity (Wildman–Crippen MR) is 116 cm³/mol. The molecular formula is C22H21F4N5O3. The summed E-state index contributed by atoms with van der Waals surface area (Å²) >= 11 is 0. The summed E-state index contributed by atoms with van der Waals surface area (Å²) < 4.78 is 59.4. The Bertz CT molecular complexity index is 1140. The van der Waals surface area contributed by atoms with Crippen molar-refractivity contribution in [2.75, 3.05) is 13.2 Å². The number of aliphatic imine (C=N–C) groups is 2. The van der Waals surface area contributed by atoms with Gasteiger partial charge in [0.05, 0.1) is 5.69 Å². The second-order valence-corrected chi connectivity index (χ2v) is 7.64. The van der Waals surface area contributed by atoms with Gasteiger partial charge in [0, 0.05) is 18.2 Å². The number of rotatable bonds is 10. The highest BCUT2D eigenvalue weighted by Crippen LogP contribution is 2.47. The number of hydrogen-bond acceptors (Lipinski definition) is 5. The van der Waals surface area contributed by atoms with E-state index in [4.69, 9.17) is 16.2 Å². The fourth-order valence-corrected chi connectivity index (χ4v) is 3.56. The van der Waals surface area contributed by atoms with E-state index < -0.39 is 58.8 Å². The SMILES string of the molecule is C=Nc1cccc(C(=O)NC2(C(=O)COc3c(F)c(F)cc(F)c3F)C[C@H]2CCN=C(N)N)c1. The van der Waals surface area contributed by atoms with Gasteiger partial charge in [0.1, 0.15) is 12.1 Å². The van der Waals surface area contributed by atoms with Crippen molar-refractivity contribution in [2.45, 2.75) is 18.4 Å². The minimum absolute atomic E-state index is 0.0217. The summed E-state index contributed by atoms with van der Waals surface area (Å²) in [6.45, 7) is 2.59. The third-order valence-corrected chi connectivity index (χ3v) is 5.42. The molecule has 34 heavy (non-hydrogen) atoms. The highest BCUT2D eigenvalue weighted by molar-refractivity contribution is 6.02. The molecule has 0 aromatic heterocycles. The van der Waals surface area contributed by atoms with Gasteiger partial charge in [0.25, 0.3) is 5.91 Å². The summed E-state index contributed by atoms with van der Waals surface area (Å²) in [4.78, 5) is 33.4. The molecule has 3 rings (SSSR count). The van der Waals surface area contributed by atoms with Gasteiger partial charge in [0.2, 0.25) is 11.6 Å². The molecule has 1 aliphatic rings. The molecule has 0 spiro atoms. The summed E-state index contributed by atoms with van der Waals surface area (Å²) in [5, 5.41) is 2.63. The Morgan fingerprint density at radius 2 is 1.82 bits per heavy atom. The van der Waals surface area contributed by atoms with Crippen LogP contribution < -0.4 is 21.5 Å². The average Bonchev–Trinajstić information content (AvgIpc) is 3.50. The molecule has 0 radical (unpaired) electrons. The number of nitrogens with one attached hydrogen (secondary N) is 1. The maximum absolute atomic E-state index is 13.9. The van der Waals surface area contributed by atoms with E-state index in [0.717, 1.165) is 0 Å². The van der Waals surface area contributed by atoms with E-state index >= 15 is 0 Å². The molecule has 2 atom stereocenters. The van der Waals surface area contributed by atoms with Gasteiger partial charge in [-0.1, -0.05) is 6.07 Å². The molecule has 1 aliphatic carbocycles. The number of amides is 1. The molecule has 12 heteroatoms. The maximum Gasteiger partial charge on any atom is 0.252 e. The number of nitrogens with zero attached hydrogens (tertiary/aromatic N) is 2. The Morgan fingerprint density at radius 1 is 1.15 bits per heavy atom. The van der Waals surface area contributed by atoms with Crippen LogP contribution >= 0.6 is 0 Å². The minimum Gasteiger partial charge on any atom is -0.479 e. The van der Waals surface area contributed by atoms with Crippen LogP contribution in [0.2, 0.25) is 0 Å². The molecule has 0 saturated heterocycles. The molecule has 0 bridgehead atoms. The van der Waals surface area contributed by atoms with Gasteiger partial charge in [-0.05, 0) is 43.7 Å². The van der Waals surface area contributed by atoms with Gasteiger partial charge in [0.15, 0.2) is 29.1 Å². The monoisotopic (exact) mass is 479 g/mol. The number of benzene rings is 2. The van der Waals surface area contributed by atoms with Crippen molar-refractivity contribution in [3.05, 3.63) is 59.2 Å². The lowest BCUT2D eigenvalue weighted by Crippen LogP contribution is -2.47. The van der Waals surface area contributed by atoms with Crippen molar-refractivity contribution < 1.29 is 31.9 Å². The zero-order chi connectivity index (χ0) is 25.0. The number of carbonyl (C=O) groups is 2. The third kappa shape index (κ3) is 5.16. The Morgan fingerprint density at radius 3 is 2.44 bits per heavy atom. The lowest BCUT2D eigenvalue weighted by Gasteiger charge is -2.19. The first kappa shape index (κ1) is 24.7. The van der Waals surface area contributed by atoms with Crippen LogP contribution in [0.25, 0.3) is 0 Å².